The zero-order chi connectivity index (χ0) is 13.6. The molecule has 0 aliphatic rings. The second kappa shape index (κ2) is 3.84. The first-order valence-electron chi connectivity index (χ1n) is 5.61. The Morgan fingerprint density at radius 3 is 2.42 bits per heavy atom. The van der Waals surface area contributed by atoms with Crippen LogP contribution in [0.1, 0.15) is 0 Å². The van der Waals surface area contributed by atoms with Crippen molar-refractivity contribution in [1.29, 1.82) is 0 Å². The van der Waals surface area contributed by atoms with Gasteiger partial charge in [-0.2, -0.15) is 5.10 Å². The number of benzene rings is 1. The average Bonchev–Trinajstić information content (AvgIpc) is 2.71. The van der Waals surface area contributed by atoms with Crippen LogP contribution in [0.2, 0.25) is 0 Å². The number of nitrogens with two attached hydrogens (primary N) is 1. The lowest BCUT2D eigenvalue weighted by atomic mass is 10.1. The minimum atomic E-state index is -0.676. The summed E-state index contributed by atoms with van der Waals surface area (Å²) in [6.45, 7) is 0. The van der Waals surface area contributed by atoms with Gasteiger partial charge in [-0.3, -0.25) is 14.3 Å². The lowest BCUT2D eigenvalue weighted by molar-refractivity contribution is 0.782. The van der Waals surface area contributed by atoms with Crippen molar-refractivity contribution in [2.75, 3.05) is 5.73 Å². The Labute approximate surface area is 106 Å². The van der Waals surface area contributed by atoms with Gasteiger partial charge in [-0.05, 0) is 12.1 Å². The summed E-state index contributed by atoms with van der Waals surface area (Å²) in [5, 5.41) is 4.25. The fraction of sp³-hybridized carbons (Fsp3) is 0.0833. The van der Waals surface area contributed by atoms with Gasteiger partial charge in [0.25, 0.3) is 0 Å². The highest BCUT2D eigenvalue weighted by atomic mass is 16.2. The number of aromatic nitrogens is 4. The number of nitrogens with one attached hydrogen (secondary N) is 2. The Morgan fingerprint density at radius 1 is 1.11 bits per heavy atom. The van der Waals surface area contributed by atoms with Crippen LogP contribution in [0.5, 0.6) is 0 Å². The van der Waals surface area contributed by atoms with Crippen molar-refractivity contribution in [2.24, 2.45) is 7.05 Å². The van der Waals surface area contributed by atoms with E-state index in [1.807, 2.05) is 0 Å². The molecule has 0 bridgehead atoms. The standard InChI is InChI=1S/C12H11N5O2/c1-17-10(13)5-8(16-17)6-2-3-7-9(4-6)15-12(19)11(18)14-7/h2-5H,13H2,1H3,(H,14,18)(H,15,19). The Balaban J connectivity index is 2.24. The molecule has 0 aliphatic heterocycles. The van der Waals surface area contributed by atoms with Gasteiger partial charge in [0.15, 0.2) is 0 Å². The Kier molecular flexibility index (Phi) is 2.28. The monoisotopic (exact) mass is 257 g/mol. The molecule has 0 fully saturated rings. The van der Waals surface area contributed by atoms with Crippen molar-refractivity contribution in [1.82, 2.24) is 19.7 Å². The van der Waals surface area contributed by atoms with Crippen molar-refractivity contribution in [2.45, 2.75) is 0 Å². The van der Waals surface area contributed by atoms with E-state index in [0.717, 1.165) is 5.56 Å². The first kappa shape index (κ1) is 11.3. The van der Waals surface area contributed by atoms with Crippen molar-refractivity contribution in [3.63, 3.8) is 0 Å². The van der Waals surface area contributed by atoms with Crippen LogP contribution in [0.25, 0.3) is 22.3 Å². The topological polar surface area (TPSA) is 110 Å². The van der Waals surface area contributed by atoms with E-state index < -0.39 is 11.1 Å². The van der Waals surface area contributed by atoms with Crippen molar-refractivity contribution in [3.8, 4) is 11.3 Å². The van der Waals surface area contributed by atoms with Gasteiger partial charge in [0.1, 0.15) is 5.82 Å². The van der Waals surface area contributed by atoms with Gasteiger partial charge in [-0.15, -0.1) is 0 Å². The van der Waals surface area contributed by atoms with E-state index in [2.05, 4.69) is 15.1 Å². The maximum Gasteiger partial charge on any atom is 0.314 e. The van der Waals surface area contributed by atoms with Crippen LogP contribution in [-0.2, 0) is 7.05 Å². The summed E-state index contributed by atoms with van der Waals surface area (Å²) in [4.78, 5) is 27.5. The molecule has 0 saturated heterocycles. The number of rotatable bonds is 1. The molecule has 0 spiro atoms. The Bertz CT molecular complexity index is 868. The zero-order valence-corrected chi connectivity index (χ0v) is 10.1. The molecular formula is C12H11N5O2. The molecule has 7 heteroatoms. The number of H-pyrrole nitrogens is 2. The summed E-state index contributed by atoms with van der Waals surface area (Å²) in [7, 11) is 1.75. The number of fused-ring (bicyclic) bond motifs is 1. The third kappa shape index (κ3) is 1.81. The molecule has 0 amide bonds. The number of anilines is 1. The van der Waals surface area contributed by atoms with E-state index in [1.54, 1.807) is 36.0 Å². The van der Waals surface area contributed by atoms with E-state index in [9.17, 15) is 9.59 Å². The minimum Gasteiger partial charge on any atom is -0.384 e. The summed E-state index contributed by atoms with van der Waals surface area (Å²) in [6, 6.07) is 7.00. The largest absolute Gasteiger partial charge is 0.384 e. The third-order valence-electron chi connectivity index (χ3n) is 2.93. The molecule has 0 saturated carbocycles. The quantitative estimate of drug-likeness (QED) is 0.541. The molecule has 3 aromatic rings. The molecule has 7 nitrogen and oxygen atoms in total. The van der Waals surface area contributed by atoms with E-state index in [4.69, 9.17) is 5.73 Å². The third-order valence-corrected chi connectivity index (χ3v) is 2.93. The van der Waals surface area contributed by atoms with E-state index in [1.165, 1.54) is 0 Å². The van der Waals surface area contributed by atoms with Gasteiger partial charge >= 0.3 is 11.1 Å². The van der Waals surface area contributed by atoms with Gasteiger partial charge in [-0.1, -0.05) is 6.07 Å². The zero-order valence-electron chi connectivity index (χ0n) is 10.1. The molecule has 3 rings (SSSR count). The number of aryl methyl sites for hydroxylation is 1. The predicted octanol–water partition coefficient (Wildman–Crippen LogP) is 0.199. The molecule has 0 unspecified atom stereocenters. The number of nitrogen functional groups attached to an aromatic ring is 1. The number of hydrogen-bond acceptors (Lipinski definition) is 4. The average molecular weight is 257 g/mol. The fourth-order valence-corrected chi connectivity index (χ4v) is 1.90. The Hall–Kier alpha value is -2.83. The second-order valence-electron chi connectivity index (χ2n) is 4.25. The van der Waals surface area contributed by atoms with Crippen molar-refractivity contribution in [3.05, 3.63) is 45.0 Å². The molecule has 0 aliphatic carbocycles. The predicted molar refractivity (Wildman–Crippen MR) is 71.8 cm³/mol. The molecule has 0 atom stereocenters. The number of nitrogens with zero attached hydrogens (tertiary/aromatic N) is 2. The fourth-order valence-electron chi connectivity index (χ4n) is 1.90. The highest BCUT2D eigenvalue weighted by Gasteiger charge is 2.07. The summed E-state index contributed by atoms with van der Waals surface area (Å²) >= 11 is 0. The van der Waals surface area contributed by atoms with Crippen molar-refractivity contribution < 1.29 is 0 Å². The highest BCUT2D eigenvalue weighted by molar-refractivity contribution is 5.80. The molecule has 2 aromatic heterocycles. The second-order valence-corrected chi connectivity index (χ2v) is 4.25. The lowest BCUT2D eigenvalue weighted by Crippen LogP contribution is -2.28. The van der Waals surface area contributed by atoms with Crippen LogP contribution < -0.4 is 16.9 Å². The maximum absolute atomic E-state index is 11.3. The minimum absolute atomic E-state index is 0.546. The van der Waals surface area contributed by atoms with Crippen LogP contribution in [0.15, 0.2) is 33.9 Å². The summed E-state index contributed by atoms with van der Waals surface area (Å²) in [5.41, 5.74) is 7.01. The number of aromatic amines is 2. The van der Waals surface area contributed by atoms with Crippen LogP contribution in [-0.4, -0.2) is 19.7 Å². The van der Waals surface area contributed by atoms with E-state index in [0.29, 0.717) is 22.5 Å². The van der Waals surface area contributed by atoms with Gasteiger partial charge < -0.3 is 15.7 Å². The molecule has 4 N–H and O–H groups in total. The van der Waals surface area contributed by atoms with Crippen molar-refractivity contribution >= 4 is 16.9 Å². The van der Waals surface area contributed by atoms with E-state index in [-0.39, 0.29) is 0 Å². The smallest absolute Gasteiger partial charge is 0.314 e. The molecule has 0 radical (unpaired) electrons. The Morgan fingerprint density at radius 2 is 1.79 bits per heavy atom. The van der Waals surface area contributed by atoms with Gasteiger partial charge in [-0.25, -0.2) is 0 Å². The van der Waals surface area contributed by atoms with E-state index >= 15 is 0 Å². The van der Waals surface area contributed by atoms with Gasteiger partial charge in [0.05, 0.1) is 16.7 Å². The van der Waals surface area contributed by atoms with Crippen LogP contribution in [0, 0.1) is 0 Å². The highest BCUT2D eigenvalue weighted by Crippen LogP contribution is 2.22. The molecule has 19 heavy (non-hydrogen) atoms. The summed E-state index contributed by atoms with van der Waals surface area (Å²) in [5.74, 6) is 0.546. The molecular weight excluding hydrogens is 246 g/mol. The molecule has 2 heterocycles. The first-order chi connectivity index (χ1) is 9.04. The normalized spacial score (nSPS) is 11.0. The maximum atomic E-state index is 11.3. The van der Waals surface area contributed by atoms with Gasteiger partial charge in [0, 0.05) is 18.7 Å². The molecule has 1 aromatic carbocycles. The first-order valence-corrected chi connectivity index (χ1v) is 5.61. The SMILES string of the molecule is Cn1nc(-c2ccc3[nH]c(=O)c(=O)[nH]c3c2)cc1N. The van der Waals surface area contributed by atoms with Gasteiger partial charge in [0.2, 0.25) is 0 Å². The lowest BCUT2D eigenvalue weighted by Gasteiger charge is -2.00. The van der Waals surface area contributed by atoms with Crippen LogP contribution in [0.4, 0.5) is 5.82 Å². The summed E-state index contributed by atoms with van der Waals surface area (Å²) < 4.78 is 1.56. The summed E-state index contributed by atoms with van der Waals surface area (Å²) in [6.07, 6.45) is 0. The van der Waals surface area contributed by atoms with Crippen LogP contribution in [0.3, 0.4) is 0 Å². The molecule has 96 valence electrons. The number of hydrogen-bond donors (Lipinski definition) is 3. The van der Waals surface area contributed by atoms with Crippen LogP contribution >= 0.6 is 0 Å².